The summed E-state index contributed by atoms with van der Waals surface area (Å²) in [5.74, 6) is 0.264. The number of halogens is 1. The number of hydrogen-bond donors (Lipinski definition) is 2. The zero-order valence-electron chi connectivity index (χ0n) is 8.47. The third kappa shape index (κ3) is 2.52. The molecule has 0 spiro atoms. The molecule has 2 aromatic carbocycles. The summed E-state index contributed by atoms with van der Waals surface area (Å²) in [6.07, 6.45) is 0. The zero-order chi connectivity index (χ0) is 11.5. The standard InChI is InChI=1S/C13H11ClOS/c14-11-5-1-9(2-6-11)13(16)10-3-7-12(15)8-4-10/h1-8,13,15-16H. The Bertz CT molecular complexity index is 419. The molecule has 0 heterocycles. The zero-order valence-corrected chi connectivity index (χ0v) is 10.1. The number of hydrogen-bond acceptors (Lipinski definition) is 2. The van der Waals surface area contributed by atoms with Gasteiger partial charge in [0, 0.05) is 5.02 Å². The predicted molar refractivity (Wildman–Crippen MR) is 70.4 cm³/mol. The van der Waals surface area contributed by atoms with E-state index >= 15 is 0 Å². The fraction of sp³-hybridized carbons (Fsp3) is 0.0769. The van der Waals surface area contributed by atoms with Crippen LogP contribution >= 0.6 is 24.2 Å². The van der Waals surface area contributed by atoms with Crippen molar-refractivity contribution < 1.29 is 5.11 Å². The second kappa shape index (κ2) is 4.81. The van der Waals surface area contributed by atoms with Crippen molar-refractivity contribution in [2.75, 3.05) is 0 Å². The largest absolute Gasteiger partial charge is 0.508 e. The van der Waals surface area contributed by atoms with Gasteiger partial charge >= 0.3 is 0 Å². The first-order valence-electron chi connectivity index (χ1n) is 4.89. The molecule has 0 aliphatic heterocycles. The normalized spacial score (nSPS) is 12.4. The van der Waals surface area contributed by atoms with E-state index in [-0.39, 0.29) is 11.0 Å². The second-order valence-electron chi connectivity index (χ2n) is 3.55. The molecule has 0 bridgehead atoms. The lowest BCUT2D eigenvalue weighted by atomic mass is 10.0. The van der Waals surface area contributed by atoms with Crippen LogP contribution in [0.5, 0.6) is 5.75 Å². The Morgan fingerprint density at radius 1 is 0.875 bits per heavy atom. The van der Waals surface area contributed by atoms with Crippen LogP contribution in [0.4, 0.5) is 0 Å². The van der Waals surface area contributed by atoms with Gasteiger partial charge in [0.1, 0.15) is 5.75 Å². The SMILES string of the molecule is Oc1ccc(C(S)c2ccc(Cl)cc2)cc1. The van der Waals surface area contributed by atoms with E-state index < -0.39 is 0 Å². The number of thiol groups is 1. The van der Waals surface area contributed by atoms with Crippen LogP contribution in [0.1, 0.15) is 16.4 Å². The van der Waals surface area contributed by atoms with E-state index in [0.717, 1.165) is 16.1 Å². The lowest BCUT2D eigenvalue weighted by Crippen LogP contribution is -1.92. The maximum atomic E-state index is 9.20. The van der Waals surface area contributed by atoms with Crippen LogP contribution in [0.15, 0.2) is 48.5 Å². The molecule has 3 heteroatoms. The molecule has 2 aromatic rings. The average Bonchev–Trinajstić information content (AvgIpc) is 2.30. The molecule has 1 unspecified atom stereocenters. The van der Waals surface area contributed by atoms with Crippen molar-refractivity contribution in [2.45, 2.75) is 5.25 Å². The van der Waals surface area contributed by atoms with Crippen molar-refractivity contribution >= 4 is 24.2 Å². The third-order valence-electron chi connectivity index (χ3n) is 2.39. The van der Waals surface area contributed by atoms with E-state index in [4.69, 9.17) is 11.6 Å². The van der Waals surface area contributed by atoms with Crippen molar-refractivity contribution in [1.29, 1.82) is 0 Å². The number of phenols is 1. The number of benzene rings is 2. The van der Waals surface area contributed by atoms with Crippen LogP contribution in [0.3, 0.4) is 0 Å². The Morgan fingerprint density at radius 3 is 1.81 bits per heavy atom. The summed E-state index contributed by atoms with van der Waals surface area (Å²) in [6.45, 7) is 0. The van der Waals surface area contributed by atoms with Gasteiger partial charge in [0.2, 0.25) is 0 Å². The highest BCUT2D eigenvalue weighted by Gasteiger charge is 2.08. The van der Waals surface area contributed by atoms with Crippen LogP contribution < -0.4 is 0 Å². The van der Waals surface area contributed by atoms with Gasteiger partial charge in [-0.1, -0.05) is 35.9 Å². The van der Waals surface area contributed by atoms with E-state index in [1.165, 1.54) is 0 Å². The molecule has 1 atom stereocenters. The number of rotatable bonds is 2. The topological polar surface area (TPSA) is 20.2 Å². The van der Waals surface area contributed by atoms with Crippen LogP contribution in [-0.2, 0) is 0 Å². The van der Waals surface area contributed by atoms with Gasteiger partial charge in [-0.2, -0.15) is 12.6 Å². The minimum atomic E-state index is -0.00198. The molecule has 0 amide bonds. The monoisotopic (exact) mass is 250 g/mol. The minimum Gasteiger partial charge on any atom is -0.508 e. The summed E-state index contributed by atoms with van der Waals surface area (Å²) < 4.78 is 0. The highest BCUT2D eigenvalue weighted by atomic mass is 35.5. The number of phenolic OH excluding ortho intramolecular Hbond substituents is 1. The molecule has 16 heavy (non-hydrogen) atoms. The van der Waals surface area contributed by atoms with E-state index in [1.807, 2.05) is 36.4 Å². The third-order valence-corrected chi connectivity index (χ3v) is 3.24. The summed E-state index contributed by atoms with van der Waals surface area (Å²) in [4.78, 5) is 0. The van der Waals surface area contributed by atoms with Crippen molar-refractivity contribution in [3.8, 4) is 5.75 Å². The van der Waals surface area contributed by atoms with Crippen molar-refractivity contribution in [3.63, 3.8) is 0 Å². The molecule has 82 valence electrons. The fourth-order valence-corrected chi connectivity index (χ4v) is 1.96. The lowest BCUT2D eigenvalue weighted by molar-refractivity contribution is 0.475. The van der Waals surface area contributed by atoms with Crippen LogP contribution in [0.25, 0.3) is 0 Å². The van der Waals surface area contributed by atoms with E-state index in [9.17, 15) is 5.11 Å². The van der Waals surface area contributed by atoms with Gasteiger partial charge in [0.05, 0.1) is 5.25 Å². The first-order valence-corrected chi connectivity index (χ1v) is 5.79. The molecule has 1 nitrogen and oxygen atoms in total. The van der Waals surface area contributed by atoms with Gasteiger partial charge in [0.15, 0.2) is 0 Å². The second-order valence-corrected chi connectivity index (χ2v) is 4.50. The highest BCUT2D eigenvalue weighted by Crippen LogP contribution is 2.29. The van der Waals surface area contributed by atoms with E-state index in [2.05, 4.69) is 12.6 Å². The Morgan fingerprint density at radius 2 is 1.31 bits per heavy atom. The molecule has 0 fully saturated rings. The maximum absolute atomic E-state index is 9.20. The first kappa shape index (κ1) is 11.4. The Labute approximate surface area is 105 Å². The lowest BCUT2D eigenvalue weighted by Gasteiger charge is -2.11. The van der Waals surface area contributed by atoms with Crippen LogP contribution in [0.2, 0.25) is 5.02 Å². The minimum absolute atomic E-state index is 0.00198. The molecule has 0 aliphatic rings. The summed E-state index contributed by atoms with van der Waals surface area (Å²) in [5, 5.41) is 9.92. The van der Waals surface area contributed by atoms with Gasteiger partial charge < -0.3 is 5.11 Å². The smallest absolute Gasteiger partial charge is 0.115 e. The summed E-state index contributed by atoms with van der Waals surface area (Å²) >= 11 is 10.4. The Kier molecular flexibility index (Phi) is 3.42. The molecular formula is C13H11ClOS. The van der Waals surface area contributed by atoms with Crippen LogP contribution in [-0.4, -0.2) is 5.11 Å². The van der Waals surface area contributed by atoms with Gasteiger partial charge in [0.25, 0.3) is 0 Å². The Hall–Kier alpha value is -1.12. The van der Waals surface area contributed by atoms with E-state index in [1.54, 1.807) is 12.1 Å². The van der Waals surface area contributed by atoms with E-state index in [0.29, 0.717) is 0 Å². The molecule has 0 radical (unpaired) electrons. The van der Waals surface area contributed by atoms with Gasteiger partial charge in [-0.3, -0.25) is 0 Å². The quantitative estimate of drug-likeness (QED) is 0.770. The molecule has 0 aliphatic carbocycles. The van der Waals surface area contributed by atoms with Gasteiger partial charge in [-0.25, -0.2) is 0 Å². The number of aromatic hydroxyl groups is 1. The van der Waals surface area contributed by atoms with Gasteiger partial charge in [-0.05, 0) is 35.4 Å². The molecule has 0 saturated heterocycles. The molecular weight excluding hydrogens is 240 g/mol. The maximum Gasteiger partial charge on any atom is 0.115 e. The molecule has 0 aromatic heterocycles. The Balaban J connectivity index is 2.28. The van der Waals surface area contributed by atoms with Crippen molar-refractivity contribution in [3.05, 3.63) is 64.7 Å². The fourth-order valence-electron chi connectivity index (χ4n) is 1.49. The van der Waals surface area contributed by atoms with Crippen molar-refractivity contribution in [1.82, 2.24) is 0 Å². The van der Waals surface area contributed by atoms with Crippen molar-refractivity contribution in [2.24, 2.45) is 0 Å². The predicted octanol–water partition coefficient (Wildman–Crippen LogP) is 4.06. The average molecular weight is 251 g/mol. The molecule has 2 rings (SSSR count). The van der Waals surface area contributed by atoms with Crippen LogP contribution in [0, 0.1) is 0 Å². The molecule has 0 saturated carbocycles. The molecule has 1 N–H and O–H groups in total. The van der Waals surface area contributed by atoms with Gasteiger partial charge in [-0.15, -0.1) is 0 Å². The first-order chi connectivity index (χ1) is 7.66. The summed E-state index contributed by atoms with van der Waals surface area (Å²) in [7, 11) is 0. The highest BCUT2D eigenvalue weighted by molar-refractivity contribution is 7.80. The summed E-state index contributed by atoms with van der Waals surface area (Å²) in [6, 6.07) is 14.6. The summed E-state index contributed by atoms with van der Waals surface area (Å²) in [5.41, 5.74) is 2.13.